The molecule has 0 aromatic rings. The van der Waals surface area contributed by atoms with Crippen molar-refractivity contribution in [3.63, 3.8) is 0 Å². The Morgan fingerprint density at radius 2 is 2.06 bits per heavy atom. The van der Waals surface area contributed by atoms with Crippen LogP contribution < -0.4 is 5.32 Å². The van der Waals surface area contributed by atoms with Gasteiger partial charge in [-0.25, -0.2) is 0 Å². The average Bonchev–Trinajstić information content (AvgIpc) is 2.15. The lowest BCUT2D eigenvalue weighted by atomic mass is 9.98. The Labute approximate surface area is 98.9 Å². The van der Waals surface area contributed by atoms with Crippen molar-refractivity contribution >= 4 is 5.78 Å². The zero-order chi connectivity index (χ0) is 12.3. The van der Waals surface area contributed by atoms with Crippen molar-refractivity contribution in [1.82, 2.24) is 10.2 Å². The van der Waals surface area contributed by atoms with E-state index >= 15 is 0 Å². The monoisotopic (exact) mass is 224 g/mol. The molecule has 92 valence electrons. The van der Waals surface area contributed by atoms with Crippen LogP contribution in [0, 0.1) is 5.92 Å². The van der Waals surface area contributed by atoms with E-state index in [1.807, 2.05) is 0 Å². The van der Waals surface area contributed by atoms with Gasteiger partial charge in [-0.15, -0.1) is 0 Å². The Morgan fingerprint density at radius 1 is 1.44 bits per heavy atom. The van der Waals surface area contributed by atoms with Gasteiger partial charge in [0.05, 0.1) is 6.04 Å². The fourth-order valence-electron chi connectivity index (χ4n) is 2.22. The fourth-order valence-corrected chi connectivity index (χ4v) is 2.22. The highest BCUT2D eigenvalue weighted by Crippen LogP contribution is 2.16. The van der Waals surface area contributed by atoms with Gasteiger partial charge in [0.25, 0.3) is 0 Å². The summed E-state index contributed by atoms with van der Waals surface area (Å²) < 4.78 is 0. The number of rotatable bonds is 4. The molecule has 0 aromatic carbocycles. The second kappa shape index (κ2) is 5.48. The van der Waals surface area contributed by atoms with E-state index in [9.17, 15) is 4.79 Å². The van der Waals surface area contributed by atoms with Crippen molar-refractivity contribution < 1.29 is 4.79 Å². The quantitative estimate of drug-likeness (QED) is 0.790. The molecule has 1 unspecified atom stereocenters. The third-order valence-corrected chi connectivity index (χ3v) is 3.20. The Morgan fingerprint density at radius 3 is 2.50 bits per heavy atom. The van der Waals surface area contributed by atoms with Crippen molar-refractivity contribution in [2.45, 2.75) is 40.2 Å². The molecule has 3 nitrogen and oxygen atoms in total. The van der Waals surface area contributed by atoms with Crippen LogP contribution in [0.1, 0.15) is 34.1 Å². The molecular weight excluding hydrogens is 200 g/mol. The topological polar surface area (TPSA) is 32.3 Å². The molecule has 0 aromatic heterocycles. The summed E-state index contributed by atoms with van der Waals surface area (Å²) in [7, 11) is 2.13. The molecule has 0 radical (unpaired) electrons. The molecule has 0 saturated heterocycles. The molecule has 16 heavy (non-hydrogen) atoms. The van der Waals surface area contributed by atoms with E-state index in [0.29, 0.717) is 5.92 Å². The largest absolute Gasteiger partial charge is 0.378 e. The maximum absolute atomic E-state index is 11.5. The molecular formula is C13H24N2O. The van der Waals surface area contributed by atoms with Gasteiger partial charge in [-0.05, 0) is 38.8 Å². The molecule has 1 heterocycles. The zero-order valence-electron chi connectivity index (χ0n) is 11.1. The Hall–Kier alpha value is -0.830. The van der Waals surface area contributed by atoms with Gasteiger partial charge in [-0.3, -0.25) is 4.79 Å². The summed E-state index contributed by atoms with van der Waals surface area (Å²) in [6.07, 6.45) is 1.03. The van der Waals surface area contributed by atoms with Gasteiger partial charge in [0, 0.05) is 18.8 Å². The van der Waals surface area contributed by atoms with Crippen molar-refractivity contribution in [2.75, 3.05) is 20.1 Å². The van der Waals surface area contributed by atoms with Gasteiger partial charge in [-0.2, -0.15) is 0 Å². The second-order valence-corrected chi connectivity index (χ2v) is 5.22. The first-order valence-corrected chi connectivity index (χ1v) is 6.06. The number of ketones is 1. The van der Waals surface area contributed by atoms with Crippen LogP contribution in [0.2, 0.25) is 0 Å². The van der Waals surface area contributed by atoms with Gasteiger partial charge in [0.15, 0.2) is 5.78 Å². The lowest BCUT2D eigenvalue weighted by molar-refractivity contribution is -0.119. The van der Waals surface area contributed by atoms with Crippen LogP contribution >= 0.6 is 0 Å². The van der Waals surface area contributed by atoms with E-state index in [1.165, 1.54) is 11.3 Å². The summed E-state index contributed by atoms with van der Waals surface area (Å²) >= 11 is 0. The van der Waals surface area contributed by atoms with Crippen molar-refractivity contribution in [3.8, 4) is 0 Å². The minimum Gasteiger partial charge on any atom is -0.378 e. The third-order valence-electron chi connectivity index (χ3n) is 3.20. The van der Waals surface area contributed by atoms with Crippen molar-refractivity contribution in [2.24, 2.45) is 5.92 Å². The number of carbonyl (C=O) groups excluding carboxylic acids is 1. The Bertz CT molecular complexity index is 294. The first kappa shape index (κ1) is 13.2. The maximum atomic E-state index is 11.5. The minimum atomic E-state index is -0.0339. The van der Waals surface area contributed by atoms with Crippen LogP contribution in [0.25, 0.3) is 0 Å². The third kappa shape index (κ3) is 3.34. The molecule has 1 aliphatic rings. The number of Topliss-reactive ketones (excluding diaryl/α,β-unsaturated/α-hetero) is 1. The van der Waals surface area contributed by atoms with E-state index in [1.54, 1.807) is 6.92 Å². The predicted molar refractivity (Wildman–Crippen MR) is 67.3 cm³/mol. The summed E-state index contributed by atoms with van der Waals surface area (Å²) in [5.41, 5.74) is 2.63. The highest BCUT2D eigenvalue weighted by Gasteiger charge is 2.21. The summed E-state index contributed by atoms with van der Waals surface area (Å²) in [6.45, 7) is 10.1. The standard InChI is InChI=1S/C13H24N2O/c1-9(2)13(11(4)16)14-12-6-7-15(5)8-10(12)3/h9,13-14H,6-8H2,1-5H3. The summed E-state index contributed by atoms with van der Waals surface area (Å²) in [5, 5.41) is 3.43. The van der Waals surface area contributed by atoms with E-state index < -0.39 is 0 Å². The highest BCUT2D eigenvalue weighted by atomic mass is 16.1. The molecule has 1 aliphatic heterocycles. The van der Waals surface area contributed by atoms with Crippen molar-refractivity contribution in [1.29, 1.82) is 0 Å². The smallest absolute Gasteiger partial charge is 0.152 e. The second-order valence-electron chi connectivity index (χ2n) is 5.22. The number of hydrogen-bond donors (Lipinski definition) is 1. The number of hydrogen-bond acceptors (Lipinski definition) is 3. The number of likely N-dealkylation sites (N-methyl/N-ethyl adjacent to an activating group) is 1. The molecule has 0 spiro atoms. The Balaban J connectivity index is 2.71. The average molecular weight is 224 g/mol. The molecule has 0 fully saturated rings. The summed E-state index contributed by atoms with van der Waals surface area (Å²) in [5.74, 6) is 0.576. The number of nitrogens with one attached hydrogen (secondary N) is 1. The van der Waals surface area contributed by atoms with Gasteiger partial charge in [0.1, 0.15) is 0 Å². The van der Waals surface area contributed by atoms with Gasteiger partial charge in [-0.1, -0.05) is 13.8 Å². The lowest BCUT2D eigenvalue weighted by Gasteiger charge is -2.30. The van der Waals surface area contributed by atoms with Crippen molar-refractivity contribution in [3.05, 3.63) is 11.3 Å². The number of carbonyl (C=O) groups is 1. The molecule has 0 amide bonds. The Kier molecular flexibility index (Phi) is 4.54. The molecule has 1 rings (SSSR count). The van der Waals surface area contributed by atoms with Crippen LogP contribution in [0.15, 0.2) is 11.3 Å². The van der Waals surface area contributed by atoms with Gasteiger partial charge < -0.3 is 10.2 Å². The normalized spacial score (nSPS) is 20.1. The molecule has 1 atom stereocenters. The van der Waals surface area contributed by atoms with E-state index in [4.69, 9.17) is 0 Å². The molecule has 0 aliphatic carbocycles. The maximum Gasteiger partial charge on any atom is 0.152 e. The number of nitrogens with zero attached hydrogens (tertiary/aromatic N) is 1. The van der Waals surface area contributed by atoms with Gasteiger partial charge in [0.2, 0.25) is 0 Å². The van der Waals surface area contributed by atoms with Crippen LogP contribution in [0.5, 0.6) is 0 Å². The zero-order valence-corrected chi connectivity index (χ0v) is 11.1. The molecule has 0 bridgehead atoms. The lowest BCUT2D eigenvalue weighted by Crippen LogP contribution is -2.42. The van der Waals surface area contributed by atoms with E-state index in [0.717, 1.165) is 19.5 Å². The predicted octanol–water partition coefficient (Wildman–Crippen LogP) is 1.80. The van der Waals surface area contributed by atoms with Crippen LogP contribution in [0.4, 0.5) is 0 Å². The van der Waals surface area contributed by atoms with Crippen LogP contribution in [-0.4, -0.2) is 36.9 Å². The molecule has 3 heteroatoms. The first-order chi connectivity index (χ1) is 7.41. The van der Waals surface area contributed by atoms with Crippen LogP contribution in [-0.2, 0) is 4.79 Å². The van der Waals surface area contributed by atoms with E-state index in [-0.39, 0.29) is 11.8 Å². The SMILES string of the molecule is CC(=O)C(NC1=C(C)CN(C)CC1)C(C)C. The summed E-state index contributed by atoms with van der Waals surface area (Å²) in [4.78, 5) is 13.8. The van der Waals surface area contributed by atoms with Gasteiger partial charge >= 0.3 is 0 Å². The minimum absolute atomic E-state index is 0.0339. The van der Waals surface area contributed by atoms with E-state index in [2.05, 4.69) is 38.0 Å². The summed E-state index contributed by atoms with van der Waals surface area (Å²) in [6, 6.07) is -0.0339. The fraction of sp³-hybridized carbons (Fsp3) is 0.769. The molecule has 0 saturated carbocycles. The first-order valence-electron chi connectivity index (χ1n) is 6.06. The highest BCUT2D eigenvalue weighted by molar-refractivity contribution is 5.82. The van der Waals surface area contributed by atoms with Crippen LogP contribution in [0.3, 0.4) is 0 Å². The molecule has 1 N–H and O–H groups in total.